The van der Waals surface area contributed by atoms with Crippen molar-refractivity contribution < 1.29 is 24.2 Å². The van der Waals surface area contributed by atoms with Crippen LogP contribution in [-0.4, -0.2) is 53.8 Å². The fourth-order valence-corrected chi connectivity index (χ4v) is 3.62. The van der Waals surface area contributed by atoms with E-state index in [0.717, 1.165) is 44.5 Å². The molecular formula is C25H39NO5. The summed E-state index contributed by atoms with van der Waals surface area (Å²) in [5, 5.41) is 9.33. The molecule has 1 amide bonds. The Morgan fingerprint density at radius 3 is 2.23 bits per heavy atom. The molecule has 1 aromatic rings. The predicted molar refractivity (Wildman–Crippen MR) is 122 cm³/mol. The lowest BCUT2D eigenvalue weighted by molar-refractivity contribution is 0.0179. The molecule has 1 aliphatic rings. The molecule has 0 bridgehead atoms. The van der Waals surface area contributed by atoms with Crippen LogP contribution in [0.4, 0.5) is 4.79 Å². The second-order valence-corrected chi connectivity index (χ2v) is 10.3. The maximum Gasteiger partial charge on any atom is 0.410 e. The molecule has 0 saturated carbocycles. The van der Waals surface area contributed by atoms with E-state index in [0.29, 0.717) is 24.5 Å². The summed E-state index contributed by atoms with van der Waals surface area (Å²) in [5.74, 6) is 1.40. The van der Waals surface area contributed by atoms with E-state index in [1.165, 1.54) is 0 Å². The molecule has 0 radical (unpaired) electrons. The van der Waals surface area contributed by atoms with Gasteiger partial charge in [-0.25, -0.2) is 4.79 Å². The van der Waals surface area contributed by atoms with Crippen LogP contribution in [0.5, 0.6) is 5.75 Å². The minimum absolute atomic E-state index is 0.0139. The summed E-state index contributed by atoms with van der Waals surface area (Å²) in [4.78, 5) is 26.3. The van der Waals surface area contributed by atoms with E-state index >= 15 is 0 Å². The molecule has 0 aliphatic carbocycles. The number of likely N-dealkylation sites (tertiary alicyclic amines) is 1. The summed E-state index contributed by atoms with van der Waals surface area (Å²) >= 11 is 0. The minimum atomic E-state index is -0.452. The first-order valence-corrected chi connectivity index (χ1v) is 11.3. The van der Waals surface area contributed by atoms with E-state index in [4.69, 9.17) is 9.47 Å². The second kappa shape index (κ2) is 11.0. The molecule has 1 aliphatic heterocycles. The zero-order valence-corrected chi connectivity index (χ0v) is 19.8. The molecule has 0 atom stereocenters. The van der Waals surface area contributed by atoms with Crippen LogP contribution in [0.2, 0.25) is 0 Å². The van der Waals surface area contributed by atoms with Crippen LogP contribution in [0.25, 0.3) is 0 Å². The summed E-state index contributed by atoms with van der Waals surface area (Å²) in [5.41, 5.74) is -0.215. The van der Waals surface area contributed by atoms with Crippen molar-refractivity contribution in [3.05, 3.63) is 29.8 Å². The predicted octanol–water partition coefficient (Wildman–Crippen LogP) is 5.08. The highest BCUT2D eigenvalue weighted by atomic mass is 16.6. The van der Waals surface area contributed by atoms with Crippen molar-refractivity contribution >= 4 is 11.9 Å². The number of nitrogens with zero attached hydrogens (tertiary/aromatic N) is 1. The van der Waals surface area contributed by atoms with Gasteiger partial charge >= 0.3 is 6.09 Å². The standard InChI is InChI=1S/C25H39NO5/c1-24(2,3)31-23(29)26-14-12-19(13-15-26)7-6-16-30-21-10-8-20(9-11-21)22(28)17-25(4,5)18-27/h8-11,19,27H,6-7,12-18H2,1-5H3. The number of Topliss-reactive ketones (excluding diaryl/α,β-unsaturated/α-hetero) is 1. The fourth-order valence-electron chi connectivity index (χ4n) is 3.62. The van der Waals surface area contributed by atoms with Crippen molar-refractivity contribution in [2.75, 3.05) is 26.3 Å². The first-order chi connectivity index (χ1) is 14.5. The van der Waals surface area contributed by atoms with Crippen molar-refractivity contribution in [2.45, 2.75) is 72.3 Å². The van der Waals surface area contributed by atoms with Gasteiger partial charge in [-0.05, 0) is 82.1 Å². The highest BCUT2D eigenvalue weighted by Gasteiger charge is 2.26. The number of ether oxygens (including phenoxy) is 2. The van der Waals surface area contributed by atoms with Gasteiger partial charge in [-0.2, -0.15) is 0 Å². The van der Waals surface area contributed by atoms with E-state index in [2.05, 4.69) is 0 Å². The van der Waals surface area contributed by atoms with E-state index in [-0.39, 0.29) is 18.5 Å². The molecule has 2 rings (SSSR count). The van der Waals surface area contributed by atoms with E-state index in [1.54, 1.807) is 12.1 Å². The Labute approximate surface area is 186 Å². The SMILES string of the molecule is CC(C)(CO)CC(=O)c1ccc(OCCCC2CCN(C(=O)OC(C)(C)C)CC2)cc1. The van der Waals surface area contributed by atoms with Crippen LogP contribution in [0.3, 0.4) is 0 Å². The highest BCUT2D eigenvalue weighted by Crippen LogP contribution is 2.25. The summed E-state index contributed by atoms with van der Waals surface area (Å²) in [6.07, 6.45) is 4.14. The Morgan fingerprint density at radius 2 is 1.68 bits per heavy atom. The molecule has 1 aromatic carbocycles. The Morgan fingerprint density at radius 1 is 1.06 bits per heavy atom. The van der Waals surface area contributed by atoms with Gasteiger partial charge in [0.1, 0.15) is 11.4 Å². The van der Waals surface area contributed by atoms with Gasteiger partial charge in [0, 0.05) is 31.7 Å². The maximum absolute atomic E-state index is 12.3. The lowest BCUT2D eigenvalue weighted by atomic mass is 9.86. The molecule has 0 aromatic heterocycles. The molecule has 6 nitrogen and oxygen atoms in total. The monoisotopic (exact) mass is 433 g/mol. The lowest BCUT2D eigenvalue weighted by Crippen LogP contribution is -2.41. The van der Waals surface area contributed by atoms with Crippen molar-refractivity contribution in [3.63, 3.8) is 0 Å². The molecule has 6 heteroatoms. The number of rotatable bonds is 9. The first-order valence-electron chi connectivity index (χ1n) is 11.3. The van der Waals surface area contributed by atoms with Crippen molar-refractivity contribution in [2.24, 2.45) is 11.3 Å². The maximum atomic E-state index is 12.3. The molecule has 174 valence electrons. The molecule has 0 spiro atoms. The van der Waals surface area contributed by atoms with Gasteiger partial charge < -0.3 is 19.5 Å². The second-order valence-electron chi connectivity index (χ2n) is 10.3. The average Bonchev–Trinajstić information content (AvgIpc) is 2.70. The zero-order chi connectivity index (χ0) is 23.1. The number of aliphatic hydroxyl groups excluding tert-OH is 1. The number of amides is 1. The number of aliphatic hydroxyl groups is 1. The average molecular weight is 434 g/mol. The van der Waals surface area contributed by atoms with Crippen LogP contribution in [0.15, 0.2) is 24.3 Å². The van der Waals surface area contributed by atoms with Gasteiger partial charge in [0.05, 0.1) is 6.61 Å². The van der Waals surface area contributed by atoms with Gasteiger partial charge in [0.2, 0.25) is 0 Å². The first kappa shape index (κ1) is 25.2. The third-order valence-electron chi connectivity index (χ3n) is 5.54. The molecule has 1 saturated heterocycles. The van der Waals surface area contributed by atoms with Gasteiger partial charge in [0.25, 0.3) is 0 Å². The Hall–Kier alpha value is -2.08. The van der Waals surface area contributed by atoms with Crippen molar-refractivity contribution in [1.82, 2.24) is 4.90 Å². The normalized spacial score (nSPS) is 15.6. The number of hydrogen-bond donors (Lipinski definition) is 1. The fraction of sp³-hybridized carbons (Fsp3) is 0.680. The lowest BCUT2D eigenvalue weighted by Gasteiger charge is -2.33. The molecule has 0 unspecified atom stereocenters. The van der Waals surface area contributed by atoms with Gasteiger partial charge in [-0.1, -0.05) is 13.8 Å². The Bertz CT molecular complexity index is 712. The smallest absolute Gasteiger partial charge is 0.410 e. The number of carbonyl (C=O) groups is 2. The number of hydrogen-bond acceptors (Lipinski definition) is 5. The molecule has 1 fully saturated rings. The summed E-state index contributed by atoms with van der Waals surface area (Å²) in [6, 6.07) is 7.24. The number of piperidine rings is 1. The Balaban J connectivity index is 1.66. The van der Waals surface area contributed by atoms with Crippen LogP contribution in [0, 0.1) is 11.3 Å². The zero-order valence-electron chi connectivity index (χ0n) is 19.8. The molecule has 31 heavy (non-hydrogen) atoms. The number of benzene rings is 1. The van der Waals surface area contributed by atoms with Gasteiger partial charge in [-0.3, -0.25) is 4.79 Å². The molecule has 1 N–H and O–H groups in total. The Kier molecular flexibility index (Phi) is 8.92. The van der Waals surface area contributed by atoms with E-state index < -0.39 is 11.0 Å². The van der Waals surface area contributed by atoms with E-state index in [9.17, 15) is 14.7 Å². The van der Waals surface area contributed by atoms with Crippen molar-refractivity contribution in [3.8, 4) is 5.75 Å². The van der Waals surface area contributed by atoms with Crippen molar-refractivity contribution in [1.29, 1.82) is 0 Å². The summed E-state index contributed by atoms with van der Waals surface area (Å²) in [7, 11) is 0. The van der Waals surface area contributed by atoms with Gasteiger partial charge in [-0.15, -0.1) is 0 Å². The van der Waals surface area contributed by atoms with Crippen LogP contribution >= 0.6 is 0 Å². The van der Waals surface area contributed by atoms with E-state index in [1.807, 2.05) is 51.7 Å². The molecule has 1 heterocycles. The van der Waals surface area contributed by atoms with Crippen LogP contribution in [-0.2, 0) is 4.74 Å². The minimum Gasteiger partial charge on any atom is -0.494 e. The molecular weight excluding hydrogens is 394 g/mol. The van der Waals surface area contributed by atoms with Gasteiger partial charge in [0.15, 0.2) is 5.78 Å². The largest absolute Gasteiger partial charge is 0.494 e. The third kappa shape index (κ3) is 8.90. The quantitative estimate of drug-likeness (QED) is 0.434. The third-order valence-corrected chi connectivity index (χ3v) is 5.54. The summed E-state index contributed by atoms with van der Waals surface area (Å²) in [6.45, 7) is 11.6. The summed E-state index contributed by atoms with van der Waals surface area (Å²) < 4.78 is 11.3. The number of carbonyl (C=O) groups excluding carboxylic acids is 2. The van der Waals surface area contributed by atoms with Crippen LogP contribution in [0.1, 0.15) is 77.1 Å². The topological polar surface area (TPSA) is 76.1 Å². The highest BCUT2D eigenvalue weighted by molar-refractivity contribution is 5.96. The number of ketones is 1. The van der Waals surface area contributed by atoms with Crippen LogP contribution < -0.4 is 4.74 Å².